The van der Waals surface area contributed by atoms with E-state index in [1.807, 2.05) is 0 Å². The van der Waals surface area contributed by atoms with E-state index in [9.17, 15) is 0 Å². The second-order valence-corrected chi connectivity index (χ2v) is 8.34. The number of likely N-dealkylation sites (tertiary alicyclic amines) is 1. The van der Waals surface area contributed by atoms with E-state index in [1.165, 1.54) is 33.0 Å². The summed E-state index contributed by atoms with van der Waals surface area (Å²) < 4.78 is 26.0. The highest BCUT2D eigenvalue weighted by Gasteiger charge is 2.22. The van der Waals surface area contributed by atoms with Crippen LogP contribution in [0.1, 0.15) is 12.8 Å². The topological polar surface area (TPSA) is 128 Å². The van der Waals surface area contributed by atoms with E-state index < -0.39 is 5.82 Å². The number of anilines is 2. The molecule has 0 atom stereocenters. The van der Waals surface area contributed by atoms with Gasteiger partial charge in [-0.25, -0.2) is 4.39 Å². The monoisotopic (exact) mass is 487 g/mol. The first-order chi connectivity index (χ1) is 16.4. The summed E-state index contributed by atoms with van der Waals surface area (Å²) in [4.78, 5) is 14.9. The quantitative estimate of drug-likeness (QED) is 0.383. The van der Waals surface area contributed by atoms with Crippen LogP contribution < -0.4 is 21.5 Å². The van der Waals surface area contributed by atoms with Crippen LogP contribution in [-0.2, 0) is 0 Å². The lowest BCUT2D eigenvalue weighted by Gasteiger charge is -2.13. The average molecular weight is 488 g/mol. The molecule has 0 aliphatic carbocycles. The Morgan fingerprint density at radius 1 is 1.21 bits per heavy atom. The zero-order chi connectivity index (χ0) is 24.2. The van der Waals surface area contributed by atoms with Gasteiger partial charge in [0.1, 0.15) is 16.9 Å². The third-order valence-electron chi connectivity index (χ3n) is 5.52. The molecule has 1 aliphatic heterocycles. The molecule has 0 spiro atoms. The van der Waals surface area contributed by atoms with Gasteiger partial charge in [0.25, 0.3) is 6.01 Å². The van der Waals surface area contributed by atoms with Gasteiger partial charge < -0.3 is 30.8 Å². The standard InChI is InChI=1S/C18H16ClFN6O2.C5H11N/c1-27-18-25-15-9(16(26-18)23-6-5-21)7-10(19)12(13(15)20)8-3-2-4-11-14(8)24-17(22)28-11;1-6-4-2-3-5-6/h2-4,7H,5-6,21H2,1H3,(H2,22,24)(H,23,25,26);2-5H2,1H3. The maximum absolute atomic E-state index is 15.6. The molecular formula is C23H27ClFN7O2. The Morgan fingerprint density at radius 2 is 1.97 bits per heavy atom. The largest absolute Gasteiger partial charge is 0.467 e. The number of halogens is 2. The number of nitrogen functional groups attached to an aromatic ring is 1. The fourth-order valence-corrected chi connectivity index (χ4v) is 4.18. The van der Waals surface area contributed by atoms with Gasteiger partial charge in [-0.3, -0.25) is 0 Å². The SMILES string of the molecule is CN1CCCC1.COc1nc(NCCN)c2cc(Cl)c(-c3cccc4oc(N)nc34)c(F)c2n1. The molecule has 0 radical (unpaired) electrons. The first-order valence-corrected chi connectivity index (χ1v) is 11.3. The molecule has 0 unspecified atom stereocenters. The minimum Gasteiger partial charge on any atom is -0.467 e. The highest BCUT2D eigenvalue weighted by Crippen LogP contribution is 2.40. The third kappa shape index (κ3) is 4.84. The Hall–Kier alpha value is -3.21. The van der Waals surface area contributed by atoms with Crippen molar-refractivity contribution in [2.24, 2.45) is 5.73 Å². The molecule has 2 aromatic heterocycles. The van der Waals surface area contributed by atoms with Crippen LogP contribution in [0.4, 0.5) is 16.2 Å². The summed E-state index contributed by atoms with van der Waals surface area (Å²) in [6.07, 6.45) is 2.83. The Bertz CT molecular complexity index is 1310. The Balaban J connectivity index is 0.000000398. The molecule has 0 amide bonds. The number of hydrogen-bond acceptors (Lipinski definition) is 9. The summed E-state index contributed by atoms with van der Waals surface area (Å²) in [7, 11) is 3.58. The van der Waals surface area contributed by atoms with Gasteiger partial charge in [0.05, 0.1) is 12.1 Å². The number of oxazole rings is 1. The molecule has 0 bridgehead atoms. The minimum atomic E-state index is -0.631. The van der Waals surface area contributed by atoms with Crippen molar-refractivity contribution in [3.05, 3.63) is 35.1 Å². The fraction of sp³-hybridized carbons (Fsp3) is 0.348. The molecule has 180 valence electrons. The zero-order valence-electron chi connectivity index (χ0n) is 19.1. The number of hydrogen-bond donors (Lipinski definition) is 3. The molecule has 5 rings (SSSR count). The summed E-state index contributed by atoms with van der Waals surface area (Å²) in [6, 6.07) is 6.68. The number of fused-ring (bicyclic) bond motifs is 2. The zero-order valence-corrected chi connectivity index (χ0v) is 19.8. The van der Waals surface area contributed by atoms with Crippen LogP contribution in [-0.4, -0.2) is 60.2 Å². The smallest absolute Gasteiger partial charge is 0.318 e. The van der Waals surface area contributed by atoms with Gasteiger partial charge in [0.2, 0.25) is 0 Å². The third-order valence-corrected chi connectivity index (χ3v) is 5.81. The number of para-hydroxylation sites is 1. The van der Waals surface area contributed by atoms with E-state index in [0.717, 1.165) is 0 Å². The van der Waals surface area contributed by atoms with Crippen molar-refractivity contribution in [1.29, 1.82) is 0 Å². The Morgan fingerprint density at radius 3 is 2.62 bits per heavy atom. The number of benzene rings is 2. The maximum Gasteiger partial charge on any atom is 0.318 e. The molecule has 4 aromatic rings. The van der Waals surface area contributed by atoms with Crippen LogP contribution in [0.15, 0.2) is 28.7 Å². The molecule has 1 fully saturated rings. The summed E-state index contributed by atoms with van der Waals surface area (Å²) in [6.45, 7) is 3.45. The van der Waals surface area contributed by atoms with Gasteiger partial charge in [0, 0.05) is 29.6 Å². The second-order valence-electron chi connectivity index (χ2n) is 7.93. The second kappa shape index (κ2) is 10.4. The van der Waals surface area contributed by atoms with Crippen LogP contribution in [0, 0.1) is 5.82 Å². The first-order valence-electron chi connectivity index (χ1n) is 10.9. The summed E-state index contributed by atoms with van der Waals surface area (Å²) in [5, 5.41) is 3.61. The van der Waals surface area contributed by atoms with Crippen LogP contribution in [0.2, 0.25) is 5.02 Å². The van der Waals surface area contributed by atoms with Crippen LogP contribution in [0.25, 0.3) is 33.1 Å². The van der Waals surface area contributed by atoms with Crippen molar-refractivity contribution in [2.75, 3.05) is 51.4 Å². The molecular weight excluding hydrogens is 461 g/mol. The maximum atomic E-state index is 15.6. The lowest BCUT2D eigenvalue weighted by Crippen LogP contribution is -2.14. The van der Waals surface area contributed by atoms with E-state index in [1.54, 1.807) is 24.3 Å². The summed E-state index contributed by atoms with van der Waals surface area (Å²) in [5.74, 6) is -0.253. The number of rotatable bonds is 5. The van der Waals surface area contributed by atoms with Crippen molar-refractivity contribution in [3.8, 4) is 17.1 Å². The summed E-state index contributed by atoms with van der Waals surface area (Å²) in [5.41, 5.74) is 12.7. The van der Waals surface area contributed by atoms with E-state index in [-0.39, 0.29) is 28.1 Å². The number of nitrogens with zero attached hydrogens (tertiary/aromatic N) is 4. The minimum absolute atomic E-state index is 0.0166. The number of ether oxygens (including phenoxy) is 1. The molecule has 11 heteroatoms. The number of nitrogens with one attached hydrogen (secondary N) is 1. The average Bonchev–Trinajstić information content (AvgIpc) is 3.46. The van der Waals surface area contributed by atoms with Gasteiger partial charge in [-0.2, -0.15) is 15.0 Å². The predicted molar refractivity (Wildman–Crippen MR) is 133 cm³/mol. The molecule has 3 heterocycles. The summed E-state index contributed by atoms with van der Waals surface area (Å²) >= 11 is 6.46. The molecule has 34 heavy (non-hydrogen) atoms. The number of nitrogens with two attached hydrogens (primary N) is 2. The van der Waals surface area contributed by atoms with Crippen molar-refractivity contribution in [1.82, 2.24) is 19.9 Å². The van der Waals surface area contributed by atoms with Crippen LogP contribution >= 0.6 is 11.6 Å². The van der Waals surface area contributed by atoms with E-state index in [2.05, 4.69) is 32.2 Å². The fourth-order valence-electron chi connectivity index (χ4n) is 3.88. The molecule has 1 aliphatic rings. The molecule has 2 aromatic carbocycles. The highest BCUT2D eigenvalue weighted by atomic mass is 35.5. The molecule has 1 saturated heterocycles. The molecule has 9 nitrogen and oxygen atoms in total. The van der Waals surface area contributed by atoms with Crippen LogP contribution in [0.3, 0.4) is 0 Å². The van der Waals surface area contributed by atoms with Crippen molar-refractivity contribution in [3.63, 3.8) is 0 Å². The van der Waals surface area contributed by atoms with Gasteiger partial charge in [-0.1, -0.05) is 23.7 Å². The van der Waals surface area contributed by atoms with Crippen molar-refractivity contribution in [2.45, 2.75) is 12.8 Å². The number of aromatic nitrogens is 3. The van der Waals surface area contributed by atoms with Gasteiger partial charge in [-0.05, 0) is 45.1 Å². The lowest BCUT2D eigenvalue weighted by atomic mass is 10.0. The lowest BCUT2D eigenvalue weighted by molar-refractivity contribution is 0.382. The first kappa shape index (κ1) is 23.9. The van der Waals surface area contributed by atoms with Crippen molar-refractivity contribution >= 4 is 45.4 Å². The Labute approximate surface area is 201 Å². The van der Waals surface area contributed by atoms with E-state index >= 15 is 4.39 Å². The van der Waals surface area contributed by atoms with Crippen LogP contribution in [0.5, 0.6) is 6.01 Å². The van der Waals surface area contributed by atoms with E-state index in [0.29, 0.717) is 41.0 Å². The molecule has 0 saturated carbocycles. The predicted octanol–water partition coefficient (Wildman–Crippen LogP) is 3.90. The van der Waals surface area contributed by atoms with Crippen molar-refractivity contribution < 1.29 is 13.5 Å². The van der Waals surface area contributed by atoms with Gasteiger partial charge in [0.15, 0.2) is 11.4 Å². The highest BCUT2D eigenvalue weighted by molar-refractivity contribution is 6.34. The normalized spacial score (nSPS) is 13.8. The van der Waals surface area contributed by atoms with Gasteiger partial charge >= 0.3 is 6.01 Å². The van der Waals surface area contributed by atoms with Gasteiger partial charge in [-0.15, -0.1) is 0 Å². The molecule has 5 N–H and O–H groups in total. The Kier molecular flexibility index (Phi) is 7.30. The number of methoxy groups -OCH3 is 1. The van der Waals surface area contributed by atoms with E-state index in [4.69, 9.17) is 32.2 Å².